The van der Waals surface area contributed by atoms with E-state index in [-0.39, 0.29) is 24.2 Å². The zero-order chi connectivity index (χ0) is 20.9. The molecule has 1 amide bonds. The Bertz CT molecular complexity index is 563. The first-order chi connectivity index (χ1) is 12.3. The van der Waals surface area contributed by atoms with E-state index in [4.69, 9.17) is 9.63 Å². The van der Waals surface area contributed by atoms with Gasteiger partial charge in [-0.25, -0.2) is 4.67 Å². The van der Waals surface area contributed by atoms with Crippen molar-refractivity contribution < 1.29 is 23.8 Å². The van der Waals surface area contributed by atoms with Gasteiger partial charge in [-0.15, -0.1) is 0 Å². The lowest BCUT2D eigenvalue weighted by Crippen LogP contribution is -2.49. The van der Waals surface area contributed by atoms with Crippen LogP contribution in [0, 0.1) is 5.41 Å². The second kappa shape index (κ2) is 9.53. The van der Waals surface area contributed by atoms with Crippen LogP contribution < -0.4 is 0 Å². The van der Waals surface area contributed by atoms with E-state index in [9.17, 15) is 14.2 Å². The van der Waals surface area contributed by atoms with Gasteiger partial charge in [-0.2, -0.15) is 0 Å². The van der Waals surface area contributed by atoms with Crippen molar-refractivity contribution >= 4 is 19.4 Å². The highest BCUT2D eigenvalue weighted by molar-refractivity contribution is 7.58. The van der Waals surface area contributed by atoms with Crippen molar-refractivity contribution in [2.24, 2.45) is 5.41 Å². The van der Waals surface area contributed by atoms with Crippen LogP contribution in [0.2, 0.25) is 0 Å². The van der Waals surface area contributed by atoms with E-state index in [0.717, 1.165) is 12.8 Å². The van der Waals surface area contributed by atoms with Crippen molar-refractivity contribution in [3.63, 3.8) is 0 Å². The second-order valence-electron chi connectivity index (χ2n) is 9.11. The Labute approximate surface area is 163 Å². The average molecular weight is 404 g/mol. The van der Waals surface area contributed by atoms with Gasteiger partial charge in [0, 0.05) is 32.6 Å². The molecule has 0 aromatic rings. The number of rotatable bonds is 9. The molecule has 1 aliphatic heterocycles. The maximum absolute atomic E-state index is 13.9. The third kappa shape index (κ3) is 6.88. The molecule has 0 spiro atoms. The van der Waals surface area contributed by atoms with Crippen molar-refractivity contribution in [2.75, 3.05) is 32.8 Å². The maximum Gasteiger partial charge on any atom is 0.303 e. The molecule has 0 radical (unpaired) electrons. The van der Waals surface area contributed by atoms with Crippen LogP contribution in [0.15, 0.2) is 0 Å². The summed E-state index contributed by atoms with van der Waals surface area (Å²) < 4.78 is 21.9. The van der Waals surface area contributed by atoms with Gasteiger partial charge in [-0.05, 0) is 32.6 Å². The van der Waals surface area contributed by atoms with E-state index in [1.54, 1.807) is 4.90 Å². The molecule has 1 N–H and O–H groups in total. The van der Waals surface area contributed by atoms with Gasteiger partial charge in [0.15, 0.2) is 0 Å². The summed E-state index contributed by atoms with van der Waals surface area (Å²) in [7, 11) is -3.09. The normalized spacial score (nSPS) is 19.0. The first kappa shape index (κ1) is 24.1. The minimum absolute atomic E-state index is 0.00791. The fourth-order valence-electron chi connectivity index (χ4n) is 3.29. The minimum atomic E-state index is -3.09. The average Bonchev–Trinajstić information content (AvgIpc) is 2.56. The Hall–Kier alpha value is -0.910. The Morgan fingerprint density at radius 1 is 1.04 bits per heavy atom. The molecule has 1 saturated heterocycles. The SMILES string of the molecule is CCCC(C)(C)COP(=O)(N1CCN(C(=O)CCC(=O)O)CC1)C(C)(C)C. The Morgan fingerprint density at radius 2 is 1.59 bits per heavy atom. The minimum Gasteiger partial charge on any atom is -0.481 e. The van der Waals surface area contributed by atoms with E-state index >= 15 is 0 Å². The van der Waals surface area contributed by atoms with Crippen LogP contribution in [-0.2, 0) is 18.7 Å². The molecule has 158 valence electrons. The Morgan fingerprint density at radius 3 is 2.04 bits per heavy atom. The second-order valence-corrected chi connectivity index (χ2v) is 12.3. The van der Waals surface area contributed by atoms with Crippen LogP contribution in [0.25, 0.3) is 0 Å². The van der Waals surface area contributed by atoms with E-state index in [2.05, 4.69) is 20.8 Å². The molecule has 1 aliphatic rings. The lowest BCUT2D eigenvalue weighted by atomic mass is 9.89. The van der Waals surface area contributed by atoms with Crippen LogP contribution in [0.5, 0.6) is 0 Å². The van der Waals surface area contributed by atoms with Gasteiger partial charge in [0.1, 0.15) is 0 Å². The van der Waals surface area contributed by atoms with Gasteiger partial charge in [0.05, 0.1) is 18.2 Å². The van der Waals surface area contributed by atoms with E-state index in [0.29, 0.717) is 32.8 Å². The first-order valence-corrected chi connectivity index (χ1v) is 11.4. The topological polar surface area (TPSA) is 87.2 Å². The molecule has 1 heterocycles. The zero-order valence-corrected chi connectivity index (χ0v) is 18.7. The van der Waals surface area contributed by atoms with E-state index in [1.165, 1.54) is 0 Å². The molecule has 8 heteroatoms. The smallest absolute Gasteiger partial charge is 0.303 e. The van der Waals surface area contributed by atoms with Crippen molar-refractivity contribution in [2.45, 2.75) is 72.4 Å². The fourth-order valence-corrected chi connectivity index (χ4v) is 5.92. The fraction of sp³-hybridized carbons (Fsp3) is 0.895. The van der Waals surface area contributed by atoms with Crippen molar-refractivity contribution in [3.05, 3.63) is 0 Å². The molecule has 1 rings (SSSR count). The maximum atomic E-state index is 13.9. The number of carboxylic acid groups (broad SMARTS) is 1. The predicted octanol–water partition coefficient (Wildman–Crippen LogP) is 3.83. The zero-order valence-electron chi connectivity index (χ0n) is 17.8. The quantitative estimate of drug-likeness (QED) is 0.588. The summed E-state index contributed by atoms with van der Waals surface area (Å²) in [5, 5.41) is 8.21. The molecule has 1 fully saturated rings. The first-order valence-electron chi connectivity index (χ1n) is 9.82. The van der Waals surface area contributed by atoms with Crippen LogP contribution in [0.3, 0.4) is 0 Å². The third-order valence-electron chi connectivity index (χ3n) is 4.94. The van der Waals surface area contributed by atoms with Gasteiger partial charge in [0.2, 0.25) is 5.91 Å². The number of amides is 1. The highest BCUT2D eigenvalue weighted by Gasteiger charge is 2.45. The molecule has 0 aromatic heterocycles. The predicted molar refractivity (Wildman–Crippen MR) is 107 cm³/mol. The molecule has 1 atom stereocenters. The number of piperazine rings is 1. The Balaban J connectivity index is 2.76. The molecule has 0 bridgehead atoms. The number of hydrogen-bond acceptors (Lipinski definition) is 4. The van der Waals surface area contributed by atoms with Crippen molar-refractivity contribution in [1.82, 2.24) is 9.57 Å². The molecule has 0 saturated carbocycles. The number of carboxylic acids is 1. The van der Waals surface area contributed by atoms with E-state index < -0.39 is 18.6 Å². The largest absolute Gasteiger partial charge is 0.481 e. The van der Waals surface area contributed by atoms with Crippen LogP contribution >= 0.6 is 7.52 Å². The molecule has 0 aliphatic carbocycles. The number of carbonyl (C=O) groups is 2. The summed E-state index contributed by atoms with van der Waals surface area (Å²) in [6, 6.07) is 0. The van der Waals surface area contributed by atoms with E-state index in [1.807, 2.05) is 25.4 Å². The molecule has 0 aromatic carbocycles. The molecular formula is C19H37N2O5P. The van der Waals surface area contributed by atoms with Crippen molar-refractivity contribution in [3.8, 4) is 0 Å². The number of hydrogen-bond donors (Lipinski definition) is 1. The van der Waals surface area contributed by atoms with Gasteiger partial charge < -0.3 is 14.5 Å². The number of nitrogens with zero attached hydrogens (tertiary/aromatic N) is 2. The Kier molecular flexibility index (Phi) is 8.52. The lowest BCUT2D eigenvalue weighted by Gasteiger charge is -2.44. The summed E-state index contributed by atoms with van der Waals surface area (Å²) >= 11 is 0. The lowest BCUT2D eigenvalue weighted by molar-refractivity contribution is -0.141. The standard InChI is InChI=1S/C19H37N2O5P/c1-7-10-19(5,6)15-26-27(25,18(2,3)4)21-13-11-20(12-14-21)16(22)8-9-17(23)24/h7-15H2,1-6H3,(H,23,24). The highest BCUT2D eigenvalue weighted by Crippen LogP contribution is 2.62. The van der Waals surface area contributed by atoms with Gasteiger partial charge in [0.25, 0.3) is 7.52 Å². The molecule has 7 nitrogen and oxygen atoms in total. The number of carbonyl (C=O) groups excluding carboxylic acids is 1. The van der Waals surface area contributed by atoms with Gasteiger partial charge >= 0.3 is 5.97 Å². The van der Waals surface area contributed by atoms with Gasteiger partial charge in [-0.1, -0.05) is 27.2 Å². The monoisotopic (exact) mass is 404 g/mol. The van der Waals surface area contributed by atoms with Crippen molar-refractivity contribution in [1.29, 1.82) is 0 Å². The molecule has 1 unspecified atom stereocenters. The summed E-state index contributed by atoms with van der Waals surface area (Å²) in [6.45, 7) is 14.5. The van der Waals surface area contributed by atoms with Crippen LogP contribution in [0.4, 0.5) is 0 Å². The molecule has 27 heavy (non-hydrogen) atoms. The summed E-state index contributed by atoms with van der Waals surface area (Å²) in [5.41, 5.74) is -0.0374. The summed E-state index contributed by atoms with van der Waals surface area (Å²) in [5.74, 6) is -1.13. The highest BCUT2D eigenvalue weighted by atomic mass is 31.2. The third-order valence-corrected chi connectivity index (χ3v) is 8.26. The van der Waals surface area contributed by atoms with Gasteiger partial charge in [-0.3, -0.25) is 14.2 Å². The number of aliphatic carboxylic acids is 1. The summed E-state index contributed by atoms with van der Waals surface area (Å²) in [4.78, 5) is 24.4. The molecular weight excluding hydrogens is 367 g/mol. The van der Waals surface area contributed by atoms with Crippen LogP contribution in [-0.4, -0.2) is 64.5 Å². The summed E-state index contributed by atoms with van der Waals surface area (Å²) in [6.07, 6.45) is 1.90. The van der Waals surface area contributed by atoms with Crippen LogP contribution in [0.1, 0.15) is 67.2 Å².